The molecule has 0 fully saturated rings. The SMILES string of the molecule is COc1cc(C2=C(C)C(=O)CCC2)c(Cl)cc1C(=O)N1Cc2cccn2Cc2ccccc21. The van der Waals surface area contributed by atoms with E-state index in [4.69, 9.17) is 16.3 Å². The van der Waals surface area contributed by atoms with Crippen molar-refractivity contribution in [2.75, 3.05) is 12.0 Å². The Bertz CT molecular complexity index is 1300. The number of aromatic nitrogens is 1. The quantitative estimate of drug-likeness (QED) is 0.490. The maximum Gasteiger partial charge on any atom is 0.262 e. The van der Waals surface area contributed by atoms with Crippen LogP contribution in [0.4, 0.5) is 5.69 Å². The van der Waals surface area contributed by atoms with E-state index in [0.29, 0.717) is 35.8 Å². The van der Waals surface area contributed by atoms with E-state index in [1.165, 1.54) is 0 Å². The number of allylic oxidation sites excluding steroid dienone is 2. The number of rotatable bonds is 3. The molecule has 1 aliphatic carbocycles. The number of carbonyl (C=O) groups excluding carboxylic acids is 2. The summed E-state index contributed by atoms with van der Waals surface area (Å²) in [6, 6.07) is 15.5. The summed E-state index contributed by atoms with van der Waals surface area (Å²) in [4.78, 5) is 27.9. The molecule has 0 saturated carbocycles. The number of methoxy groups -OCH3 is 1. The van der Waals surface area contributed by atoms with E-state index in [1.807, 2.05) is 49.5 Å². The van der Waals surface area contributed by atoms with Crippen LogP contribution in [-0.4, -0.2) is 23.4 Å². The van der Waals surface area contributed by atoms with Gasteiger partial charge in [0.2, 0.25) is 0 Å². The smallest absolute Gasteiger partial charge is 0.262 e. The molecule has 3 aromatic rings. The van der Waals surface area contributed by atoms with Gasteiger partial charge in [-0.2, -0.15) is 0 Å². The van der Waals surface area contributed by atoms with Gasteiger partial charge < -0.3 is 14.2 Å². The molecule has 1 aromatic heterocycles. The average Bonchev–Trinajstić information content (AvgIpc) is 3.19. The monoisotopic (exact) mass is 460 g/mol. The number of ketones is 1. The summed E-state index contributed by atoms with van der Waals surface area (Å²) in [5.41, 5.74) is 5.86. The molecule has 0 bridgehead atoms. The van der Waals surface area contributed by atoms with Gasteiger partial charge in [0.1, 0.15) is 5.75 Å². The van der Waals surface area contributed by atoms with E-state index in [0.717, 1.165) is 46.5 Å². The fourth-order valence-corrected chi connectivity index (χ4v) is 5.12. The van der Waals surface area contributed by atoms with Crippen molar-refractivity contribution in [2.45, 2.75) is 39.3 Å². The number of Topliss-reactive ketones (excluding diaryl/α,β-unsaturated/α-hetero) is 1. The summed E-state index contributed by atoms with van der Waals surface area (Å²) >= 11 is 6.71. The van der Waals surface area contributed by atoms with Gasteiger partial charge in [0.05, 0.1) is 19.2 Å². The van der Waals surface area contributed by atoms with Gasteiger partial charge in [0, 0.05) is 41.1 Å². The Morgan fingerprint density at radius 2 is 1.88 bits per heavy atom. The number of hydrogen-bond donors (Lipinski definition) is 0. The maximum atomic E-state index is 13.9. The fraction of sp³-hybridized carbons (Fsp3) is 0.259. The predicted octanol–water partition coefficient (Wildman–Crippen LogP) is 5.89. The minimum absolute atomic E-state index is 0.149. The molecule has 5 rings (SSSR count). The minimum Gasteiger partial charge on any atom is -0.496 e. The van der Waals surface area contributed by atoms with Crippen LogP contribution in [0.2, 0.25) is 5.02 Å². The van der Waals surface area contributed by atoms with Crippen LogP contribution in [0.3, 0.4) is 0 Å². The van der Waals surface area contributed by atoms with Crippen molar-refractivity contribution in [1.29, 1.82) is 0 Å². The fourth-order valence-electron chi connectivity index (χ4n) is 4.84. The lowest BCUT2D eigenvalue weighted by Gasteiger charge is -2.25. The van der Waals surface area contributed by atoms with Crippen molar-refractivity contribution < 1.29 is 14.3 Å². The van der Waals surface area contributed by atoms with E-state index >= 15 is 0 Å². The highest BCUT2D eigenvalue weighted by atomic mass is 35.5. The van der Waals surface area contributed by atoms with Crippen molar-refractivity contribution in [3.63, 3.8) is 0 Å². The van der Waals surface area contributed by atoms with Crippen LogP contribution < -0.4 is 9.64 Å². The zero-order valence-electron chi connectivity index (χ0n) is 18.7. The number of halogens is 1. The number of fused-ring (bicyclic) bond motifs is 2. The molecule has 0 N–H and O–H groups in total. The zero-order chi connectivity index (χ0) is 23.1. The normalized spacial score (nSPS) is 15.7. The first-order valence-corrected chi connectivity index (χ1v) is 11.5. The second-order valence-electron chi connectivity index (χ2n) is 8.56. The summed E-state index contributed by atoms with van der Waals surface area (Å²) in [5, 5.41) is 0.453. The Morgan fingerprint density at radius 3 is 2.70 bits per heavy atom. The molecule has 1 aliphatic heterocycles. The summed E-state index contributed by atoms with van der Waals surface area (Å²) in [5.74, 6) is 0.429. The zero-order valence-corrected chi connectivity index (χ0v) is 19.5. The Labute approximate surface area is 198 Å². The molecule has 5 nitrogen and oxygen atoms in total. The van der Waals surface area contributed by atoms with Crippen molar-refractivity contribution in [3.05, 3.63) is 87.7 Å². The van der Waals surface area contributed by atoms with Crippen LogP contribution >= 0.6 is 11.6 Å². The van der Waals surface area contributed by atoms with Gasteiger partial charge in [0.15, 0.2) is 5.78 Å². The van der Waals surface area contributed by atoms with E-state index in [9.17, 15) is 9.59 Å². The third-order valence-corrected chi connectivity index (χ3v) is 6.97. The molecule has 1 amide bonds. The Balaban J connectivity index is 1.60. The molecule has 2 aromatic carbocycles. The van der Waals surface area contributed by atoms with Gasteiger partial charge in [-0.25, -0.2) is 0 Å². The van der Waals surface area contributed by atoms with Crippen LogP contribution in [-0.2, 0) is 17.9 Å². The maximum absolute atomic E-state index is 13.9. The number of benzene rings is 2. The minimum atomic E-state index is -0.173. The van der Waals surface area contributed by atoms with Gasteiger partial charge in [0.25, 0.3) is 5.91 Å². The van der Waals surface area contributed by atoms with Gasteiger partial charge in [-0.1, -0.05) is 29.8 Å². The average molecular weight is 461 g/mol. The number of anilines is 1. The number of amides is 1. The summed E-state index contributed by atoms with van der Waals surface area (Å²) in [7, 11) is 1.55. The molecule has 168 valence electrons. The van der Waals surface area contributed by atoms with E-state index in [-0.39, 0.29) is 11.7 Å². The molecule has 0 radical (unpaired) electrons. The van der Waals surface area contributed by atoms with E-state index in [2.05, 4.69) is 4.57 Å². The molecular weight excluding hydrogens is 436 g/mol. The number of ether oxygens (including phenoxy) is 1. The summed E-state index contributed by atoms with van der Waals surface area (Å²) in [6.45, 7) is 3.01. The lowest BCUT2D eigenvalue weighted by atomic mass is 9.87. The number of nitrogens with zero attached hydrogens (tertiary/aromatic N) is 2. The molecule has 33 heavy (non-hydrogen) atoms. The molecule has 2 heterocycles. The molecule has 0 saturated heterocycles. The first-order chi connectivity index (χ1) is 16.0. The van der Waals surface area contributed by atoms with Crippen LogP contribution in [0.25, 0.3) is 5.57 Å². The Morgan fingerprint density at radius 1 is 1.06 bits per heavy atom. The third kappa shape index (κ3) is 3.76. The summed E-state index contributed by atoms with van der Waals surface area (Å²) in [6.07, 6.45) is 4.18. The van der Waals surface area contributed by atoms with Crippen molar-refractivity contribution in [3.8, 4) is 5.75 Å². The van der Waals surface area contributed by atoms with E-state index in [1.54, 1.807) is 24.1 Å². The molecule has 0 unspecified atom stereocenters. The highest BCUT2D eigenvalue weighted by Crippen LogP contribution is 2.39. The first-order valence-electron chi connectivity index (χ1n) is 11.1. The van der Waals surface area contributed by atoms with E-state index < -0.39 is 0 Å². The predicted molar refractivity (Wildman–Crippen MR) is 130 cm³/mol. The van der Waals surface area contributed by atoms with Crippen molar-refractivity contribution in [2.24, 2.45) is 0 Å². The highest BCUT2D eigenvalue weighted by Gasteiger charge is 2.28. The first kappa shape index (κ1) is 21.5. The molecular formula is C27H25ClN2O3. The highest BCUT2D eigenvalue weighted by molar-refractivity contribution is 6.33. The van der Waals surface area contributed by atoms with Crippen molar-refractivity contribution in [1.82, 2.24) is 4.57 Å². The second-order valence-corrected chi connectivity index (χ2v) is 8.97. The van der Waals surface area contributed by atoms with Gasteiger partial charge in [-0.05, 0) is 66.8 Å². The number of hydrogen-bond acceptors (Lipinski definition) is 3. The molecule has 0 atom stereocenters. The lowest BCUT2D eigenvalue weighted by Crippen LogP contribution is -2.31. The Kier molecular flexibility index (Phi) is 5.59. The van der Waals surface area contributed by atoms with Gasteiger partial charge in [-0.15, -0.1) is 0 Å². The molecule has 0 spiro atoms. The standard InChI is InChI=1S/C27H25ClN2O3/c1-17-20(9-5-11-25(17)31)21-14-26(33-2)22(13-23(21)28)27(32)30-16-19-8-6-12-29(19)15-18-7-3-4-10-24(18)30/h3-4,6-8,10,12-14H,5,9,11,15-16H2,1-2H3. The summed E-state index contributed by atoms with van der Waals surface area (Å²) < 4.78 is 7.82. The second kappa shape index (κ2) is 8.56. The van der Waals surface area contributed by atoms with Gasteiger partial charge >= 0.3 is 0 Å². The molecule has 6 heteroatoms. The van der Waals surface area contributed by atoms with Crippen LogP contribution in [0.1, 0.15) is 53.4 Å². The number of para-hydroxylation sites is 1. The van der Waals surface area contributed by atoms with Crippen LogP contribution in [0, 0.1) is 0 Å². The van der Waals surface area contributed by atoms with Crippen molar-refractivity contribution >= 4 is 34.6 Å². The lowest BCUT2D eigenvalue weighted by molar-refractivity contribution is -0.115. The van der Waals surface area contributed by atoms with Crippen LogP contribution in [0.5, 0.6) is 5.75 Å². The van der Waals surface area contributed by atoms with Gasteiger partial charge in [-0.3, -0.25) is 9.59 Å². The molecule has 2 aliphatic rings. The number of carbonyl (C=O) groups is 2. The Hall–Kier alpha value is -3.31. The van der Waals surface area contributed by atoms with Crippen LogP contribution in [0.15, 0.2) is 60.3 Å². The largest absolute Gasteiger partial charge is 0.496 e. The topological polar surface area (TPSA) is 51.5 Å². The third-order valence-electron chi connectivity index (χ3n) is 6.66.